The second-order valence-corrected chi connectivity index (χ2v) is 7.49. The van der Waals surface area contributed by atoms with E-state index < -0.39 is 24.3 Å². The lowest BCUT2D eigenvalue weighted by Crippen LogP contribution is -2.44. The first kappa shape index (κ1) is 29.4. The number of aliphatic hydroxyl groups excluding tert-OH is 5. The van der Waals surface area contributed by atoms with Crippen molar-refractivity contribution in [1.82, 2.24) is 10.2 Å². The topological polar surface area (TPSA) is 169 Å². The Bertz CT molecular complexity index is 420. The number of carbonyl (C=O) groups is 1. The van der Waals surface area contributed by atoms with Crippen LogP contribution in [0.15, 0.2) is 0 Å². The Morgan fingerprint density at radius 1 is 1.18 bits per heavy atom. The van der Waals surface area contributed by atoms with Crippen LogP contribution in [-0.2, 0) is 9.53 Å². The van der Waals surface area contributed by atoms with Gasteiger partial charge in [-0.05, 0) is 41.7 Å². The summed E-state index contributed by atoms with van der Waals surface area (Å²) < 4.78 is 5.49. The van der Waals surface area contributed by atoms with Crippen molar-refractivity contribution in [3.05, 3.63) is 0 Å². The lowest BCUT2D eigenvalue weighted by molar-refractivity contribution is -0.120. The fraction of sp³-hybridized carbons (Fsp3) is 0.944. The van der Waals surface area contributed by atoms with Gasteiger partial charge in [0.15, 0.2) is 0 Å². The highest BCUT2D eigenvalue weighted by Crippen LogP contribution is 2.26. The smallest absolute Gasteiger partial charge is 0.217 e. The van der Waals surface area contributed by atoms with Crippen molar-refractivity contribution in [1.29, 1.82) is 0 Å². The minimum atomic E-state index is -0.714. The van der Waals surface area contributed by atoms with E-state index in [1.54, 1.807) is 13.8 Å². The standard InChI is InChI=1S/C8H17NO2.C6H13NO3.C4H11NO2/c1-6(10)7-5-11-8(2,3)9(7)4;1-4(9)6(3-8)7-5(2)10;1-3(7)4(5)2-6/h6-7,10H,5H2,1-4H3;4,6,8-9H,3H2,1-2H3,(H,7,10);3-4,6-7H,2,5H2,1H3/t6?,7-;4?,6-;3?,4-/m000/s1. The van der Waals surface area contributed by atoms with Crippen LogP contribution in [-0.4, -0.2) is 105 Å². The number of amides is 1. The molecule has 1 fully saturated rings. The van der Waals surface area contributed by atoms with E-state index in [0.29, 0.717) is 6.61 Å². The van der Waals surface area contributed by atoms with Crippen molar-refractivity contribution >= 4 is 5.91 Å². The zero-order valence-electron chi connectivity index (χ0n) is 18.2. The van der Waals surface area contributed by atoms with Crippen LogP contribution >= 0.6 is 0 Å². The lowest BCUT2D eigenvalue weighted by Gasteiger charge is -2.30. The second-order valence-electron chi connectivity index (χ2n) is 7.49. The van der Waals surface area contributed by atoms with E-state index in [0.717, 1.165) is 0 Å². The molecule has 1 amide bonds. The lowest BCUT2D eigenvalue weighted by atomic mass is 10.1. The van der Waals surface area contributed by atoms with E-state index in [4.69, 9.17) is 30.9 Å². The number of hydrogen-bond acceptors (Lipinski definition) is 9. The third kappa shape index (κ3) is 11.9. The SMILES string of the molecule is CC(=O)N[C@@H](CO)C(C)O.CC(O)[C@@H](N)CO.CC(O)[C@@H]1COC(C)(C)N1C. The summed E-state index contributed by atoms with van der Waals surface area (Å²) in [7, 11) is 1.98. The van der Waals surface area contributed by atoms with Crippen molar-refractivity contribution in [2.45, 2.75) is 83.7 Å². The van der Waals surface area contributed by atoms with Gasteiger partial charge in [0.25, 0.3) is 0 Å². The third-order valence-electron chi connectivity index (χ3n) is 4.51. The maximum absolute atomic E-state index is 10.4. The van der Waals surface area contributed by atoms with Gasteiger partial charge in [-0.3, -0.25) is 9.69 Å². The first-order chi connectivity index (χ1) is 12.7. The molecular formula is C18H41N3O7. The van der Waals surface area contributed by atoms with Crippen molar-refractivity contribution in [3.8, 4) is 0 Å². The van der Waals surface area contributed by atoms with E-state index in [9.17, 15) is 9.90 Å². The Kier molecular flexibility index (Phi) is 14.9. The van der Waals surface area contributed by atoms with Crippen LogP contribution in [0.4, 0.5) is 0 Å². The number of hydrogen-bond donors (Lipinski definition) is 7. The highest BCUT2D eigenvalue weighted by Gasteiger charge is 2.39. The van der Waals surface area contributed by atoms with Crippen LogP contribution in [0, 0.1) is 0 Å². The summed E-state index contributed by atoms with van der Waals surface area (Å²) >= 11 is 0. The predicted octanol–water partition coefficient (Wildman–Crippen LogP) is -2.02. The Morgan fingerprint density at radius 2 is 1.68 bits per heavy atom. The molecule has 0 spiro atoms. The molecule has 1 rings (SSSR count). The summed E-state index contributed by atoms with van der Waals surface area (Å²) in [5.74, 6) is -0.250. The van der Waals surface area contributed by atoms with Gasteiger partial charge in [0.1, 0.15) is 5.72 Å². The molecule has 1 aliphatic rings. The van der Waals surface area contributed by atoms with Gasteiger partial charge in [-0.1, -0.05) is 0 Å². The monoisotopic (exact) mass is 411 g/mol. The highest BCUT2D eigenvalue weighted by molar-refractivity contribution is 5.73. The van der Waals surface area contributed by atoms with Crippen LogP contribution in [0.1, 0.15) is 41.5 Å². The molecule has 0 saturated carbocycles. The average Bonchev–Trinajstić information content (AvgIpc) is 2.86. The van der Waals surface area contributed by atoms with Crippen LogP contribution in [0.3, 0.4) is 0 Å². The normalized spacial score (nSPS) is 23.8. The number of aliphatic hydroxyl groups is 5. The number of carbonyl (C=O) groups excluding carboxylic acids is 1. The first-order valence-electron chi connectivity index (χ1n) is 9.36. The summed E-state index contributed by atoms with van der Waals surface area (Å²) in [6.07, 6.45) is -1.64. The Morgan fingerprint density at radius 3 is 1.79 bits per heavy atom. The van der Waals surface area contributed by atoms with Crippen LogP contribution in [0.5, 0.6) is 0 Å². The summed E-state index contributed by atoms with van der Waals surface area (Å²) in [4.78, 5) is 12.5. The molecule has 28 heavy (non-hydrogen) atoms. The molecule has 0 aromatic heterocycles. The maximum Gasteiger partial charge on any atom is 0.217 e. The Balaban J connectivity index is 0. The van der Waals surface area contributed by atoms with Gasteiger partial charge in [-0.2, -0.15) is 0 Å². The molecule has 0 aromatic rings. The summed E-state index contributed by atoms with van der Waals surface area (Å²) in [6.45, 7) is 10.4. The minimum Gasteiger partial charge on any atom is -0.395 e. The summed E-state index contributed by atoms with van der Waals surface area (Å²) in [5, 5.41) is 45.9. The molecule has 1 saturated heterocycles. The predicted molar refractivity (Wildman–Crippen MR) is 106 cm³/mol. The molecule has 8 N–H and O–H groups in total. The number of ether oxygens (including phenoxy) is 1. The highest BCUT2D eigenvalue weighted by atomic mass is 16.5. The van der Waals surface area contributed by atoms with Crippen LogP contribution in [0.25, 0.3) is 0 Å². The number of rotatable bonds is 6. The van der Waals surface area contributed by atoms with Crippen LogP contribution < -0.4 is 11.1 Å². The quantitative estimate of drug-likeness (QED) is 0.261. The molecular weight excluding hydrogens is 370 g/mol. The molecule has 1 heterocycles. The van der Waals surface area contributed by atoms with E-state index in [1.165, 1.54) is 13.8 Å². The third-order valence-corrected chi connectivity index (χ3v) is 4.51. The van der Waals surface area contributed by atoms with E-state index in [-0.39, 0.29) is 37.0 Å². The molecule has 1 aliphatic heterocycles. The second kappa shape index (κ2) is 14.2. The van der Waals surface area contributed by atoms with Crippen molar-refractivity contribution in [2.24, 2.45) is 5.73 Å². The number of nitrogens with zero attached hydrogens (tertiary/aromatic N) is 1. The zero-order valence-corrected chi connectivity index (χ0v) is 18.2. The largest absolute Gasteiger partial charge is 0.395 e. The molecule has 3 unspecified atom stereocenters. The van der Waals surface area contributed by atoms with Gasteiger partial charge in [-0.15, -0.1) is 0 Å². The summed E-state index contributed by atoms with van der Waals surface area (Å²) in [6, 6.07) is -0.887. The fourth-order valence-electron chi connectivity index (χ4n) is 2.10. The van der Waals surface area contributed by atoms with Gasteiger partial charge in [0.2, 0.25) is 5.91 Å². The molecule has 10 nitrogen and oxygen atoms in total. The van der Waals surface area contributed by atoms with Gasteiger partial charge in [0.05, 0.1) is 56.3 Å². The molecule has 0 aliphatic carbocycles. The minimum absolute atomic E-state index is 0.144. The molecule has 170 valence electrons. The van der Waals surface area contributed by atoms with E-state index in [1.807, 2.05) is 20.9 Å². The number of nitrogens with one attached hydrogen (secondary N) is 1. The van der Waals surface area contributed by atoms with E-state index in [2.05, 4.69) is 10.2 Å². The molecule has 0 radical (unpaired) electrons. The van der Waals surface area contributed by atoms with Gasteiger partial charge in [0, 0.05) is 6.92 Å². The molecule has 6 atom stereocenters. The Labute approximate surface area is 168 Å². The van der Waals surface area contributed by atoms with Crippen molar-refractivity contribution < 1.29 is 35.1 Å². The van der Waals surface area contributed by atoms with Gasteiger partial charge >= 0.3 is 0 Å². The fourth-order valence-corrected chi connectivity index (χ4v) is 2.10. The van der Waals surface area contributed by atoms with Crippen LogP contribution in [0.2, 0.25) is 0 Å². The zero-order chi connectivity index (χ0) is 22.7. The molecule has 10 heteroatoms. The van der Waals surface area contributed by atoms with Gasteiger partial charge in [-0.25, -0.2) is 0 Å². The van der Waals surface area contributed by atoms with Crippen molar-refractivity contribution in [2.75, 3.05) is 26.9 Å². The number of likely N-dealkylation sites (N-methyl/N-ethyl adjacent to an activating group) is 1. The molecule has 0 aromatic carbocycles. The maximum atomic E-state index is 10.4. The average molecular weight is 412 g/mol. The first-order valence-corrected chi connectivity index (χ1v) is 9.36. The molecule has 0 bridgehead atoms. The Hall–Kier alpha value is -0.850. The summed E-state index contributed by atoms with van der Waals surface area (Å²) in [5.41, 5.74) is 4.90. The van der Waals surface area contributed by atoms with Crippen molar-refractivity contribution in [3.63, 3.8) is 0 Å². The van der Waals surface area contributed by atoms with E-state index >= 15 is 0 Å². The number of nitrogens with two attached hydrogens (primary N) is 1. The van der Waals surface area contributed by atoms with Gasteiger partial charge < -0.3 is 41.3 Å².